The minimum atomic E-state index is -3.60. The van der Waals surface area contributed by atoms with Crippen LogP contribution in [0.3, 0.4) is 0 Å². The molecule has 0 aliphatic carbocycles. The SMILES string of the molecule is CCOP(=O)(NC(=O)Nc1c(C)cccc1C)OCC. The van der Waals surface area contributed by atoms with Gasteiger partial charge >= 0.3 is 13.8 Å². The number of carbonyl (C=O) groups is 1. The van der Waals surface area contributed by atoms with Crippen LogP contribution in [0.25, 0.3) is 0 Å². The third-order valence-corrected chi connectivity index (χ3v) is 4.23. The maximum atomic E-state index is 12.2. The molecule has 112 valence electrons. The summed E-state index contributed by atoms with van der Waals surface area (Å²) in [7, 11) is -3.60. The Bertz CT molecular complexity index is 489. The lowest BCUT2D eigenvalue weighted by Gasteiger charge is -2.18. The van der Waals surface area contributed by atoms with E-state index in [1.165, 1.54) is 0 Å². The Hall–Kier alpha value is -1.36. The van der Waals surface area contributed by atoms with Crippen LogP contribution in [0.4, 0.5) is 10.5 Å². The van der Waals surface area contributed by atoms with Crippen LogP contribution < -0.4 is 10.4 Å². The van der Waals surface area contributed by atoms with Crippen LogP contribution in [-0.2, 0) is 13.6 Å². The molecule has 0 aromatic heterocycles. The molecule has 0 heterocycles. The number of benzene rings is 1. The number of carbonyl (C=O) groups excluding carboxylic acids is 1. The summed E-state index contributed by atoms with van der Waals surface area (Å²) in [5.74, 6) is 0. The van der Waals surface area contributed by atoms with Crippen molar-refractivity contribution >= 4 is 19.5 Å². The standard InChI is InChI=1S/C13H21N2O4P/c1-5-18-20(17,19-6-2)15-13(16)14-12-10(3)8-7-9-11(12)4/h7-9H,5-6H2,1-4H3,(H2,14,15,16,17). The summed E-state index contributed by atoms with van der Waals surface area (Å²) in [4.78, 5) is 11.9. The van der Waals surface area contributed by atoms with Gasteiger partial charge in [-0.25, -0.2) is 14.4 Å². The largest absolute Gasteiger partial charge is 0.436 e. The van der Waals surface area contributed by atoms with Crippen molar-refractivity contribution in [1.82, 2.24) is 5.09 Å². The highest BCUT2D eigenvalue weighted by atomic mass is 31.2. The molecule has 0 spiro atoms. The number of rotatable bonds is 6. The molecule has 20 heavy (non-hydrogen) atoms. The molecule has 6 nitrogen and oxygen atoms in total. The minimum Gasteiger partial charge on any atom is -0.307 e. The summed E-state index contributed by atoms with van der Waals surface area (Å²) in [6.45, 7) is 7.48. The monoisotopic (exact) mass is 300 g/mol. The molecular formula is C13H21N2O4P. The Morgan fingerprint density at radius 2 is 1.65 bits per heavy atom. The summed E-state index contributed by atoms with van der Waals surface area (Å²) >= 11 is 0. The highest BCUT2D eigenvalue weighted by molar-refractivity contribution is 7.52. The van der Waals surface area contributed by atoms with Gasteiger partial charge in [0.1, 0.15) is 0 Å². The Balaban J connectivity index is 2.78. The van der Waals surface area contributed by atoms with Crippen molar-refractivity contribution in [1.29, 1.82) is 0 Å². The van der Waals surface area contributed by atoms with Crippen molar-refractivity contribution in [2.45, 2.75) is 27.7 Å². The summed E-state index contributed by atoms with van der Waals surface area (Å²) in [5.41, 5.74) is 2.52. The van der Waals surface area contributed by atoms with E-state index in [2.05, 4.69) is 10.4 Å². The molecule has 1 rings (SSSR count). The number of nitrogens with one attached hydrogen (secondary N) is 2. The molecule has 0 aliphatic heterocycles. The van der Waals surface area contributed by atoms with Crippen LogP contribution in [0, 0.1) is 13.8 Å². The number of amides is 2. The molecule has 2 N–H and O–H groups in total. The second kappa shape index (κ2) is 7.43. The van der Waals surface area contributed by atoms with Gasteiger partial charge < -0.3 is 5.32 Å². The van der Waals surface area contributed by atoms with Crippen LogP contribution in [0.1, 0.15) is 25.0 Å². The highest BCUT2D eigenvalue weighted by Gasteiger charge is 2.26. The van der Waals surface area contributed by atoms with Crippen LogP contribution in [0.15, 0.2) is 18.2 Å². The molecule has 0 radical (unpaired) electrons. The molecule has 0 saturated carbocycles. The first-order chi connectivity index (χ1) is 9.41. The van der Waals surface area contributed by atoms with Crippen molar-refractivity contribution in [2.75, 3.05) is 18.5 Å². The van der Waals surface area contributed by atoms with Crippen molar-refractivity contribution in [3.63, 3.8) is 0 Å². The zero-order valence-electron chi connectivity index (χ0n) is 12.2. The summed E-state index contributed by atoms with van der Waals surface area (Å²) in [5, 5.41) is 4.93. The lowest BCUT2D eigenvalue weighted by Crippen LogP contribution is -2.28. The van der Waals surface area contributed by atoms with E-state index in [4.69, 9.17) is 9.05 Å². The second-order valence-electron chi connectivity index (χ2n) is 4.17. The van der Waals surface area contributed by atoms with E-state index in [0.29, 0.717) is 5.69 Å². The van der Waals surface area contributed by atoms with Crippen LogP contribution in [-0.4, -0.2) is 19.2 Å². The molecule has 1 aromatic carbocycles. The Kier molecular flexibility index (Phi) is 6.20. The average molecular weight is 300 g/mol. The predicted octanol–water partition coefficient (Wildman–Crippen LogP) is 3.61. The fraction of sp³-hybridized carbons (Fsp3) is 0.462. The van der Waals surface area contributed by atoms with Crippen LogP contribution in [0.5, 0.6) is 0 Å². The third-order valence-electron chi connectivity index (χ3n) is 2.56. The molecule has 7 heteroatoms. The molecule has 2 amide bonds. The topological polar surface area (TPSA) is 76.7 Å². The molecule has 0 aliphatic rings. The molecule has 0 fully saturated rings. The van der Waals surface area contributed by atoms with Gasteiger partial charge in [-0.3, -0.25) is 9.05 Å². The van der Waals surface area contributed by atoms with Crippen LogP contribution in [0.2, 0.25) is 0 Å². The lowest BCUT2D eigenvalue weighted by atomic mass is 10.1. The number of hydrogen-bond acceptors (Lipinski definition) is 4. The summed E-state index contributed by atoms with van der Waals surface area (Å²) in [6, 6.07) is 5.05. The molecule has 1 aromatic rings. The van der Waals surface area contributed by atoms with E-state index < -0.39 is 13.8 Å². The molecule has 0 unspecified atom stereocenters. The van der Waals surface area contributed by atoms with Crippen molar-refractivity contribution in [2.24, 2.45) is 0 Å². The molecule has 0 bridgehead atoms. The summed E-state index contributed by atoms with van der Waals surface area (Å²) in [6.07, 6.45) is 0. The van der Waals surface area contributed by atoms with E-state index >= 15 is 0 Å². The summed E-state index contributed by atoms with van der Waals surface area (Å²) < 4.78 is 22.2. The first kappa shape index (κ1) is 16.7. The zero-order valence-corrected chi connectivity index (χ0v) is 13.1. The fourth-order valence-electron chi connectivity index (χ4n) is 1.72. The Morgan fingerprint density at radius 3 is 2.10 bits per heavy atom. The van der Waals surface area contributed by atoms with Gasteiger partial charge in [0.05, 0.1) is 13.2 Å². The van der Waals surface area contributed by atoms with Gasteiger partial charge in [-0.15, -0.1) is 0 Å². The molecular weight excluding hydrogens is 279 g/mol. The Morgan fingerprint density at radius 1 is 1.15 bits per heavy atom. The number of para-hydroxylation sites is 1. The average Bonchev–Trinajstić information content (AvgIpc) is 2.34. The Labute approximate surface area is 119 Å². The van der Waals surface area contributed by atoms with E-state index in [9.17, 15) is 9.36 Å². The molecule has 0 atom stereocenters. The van der Waals surface area contributed by atoms with Gasteiger partial charge in [0.25, 0.3) is 0 Å². The van der Waals surface area contributed by atoms with Gasteiger partial charge in [0.15, 0.2) is 0 Å². The lowest BCUT2D eigenvalue weighted by molar-refractivity contribution is 0.209. The van der Waals surface area contributed by atoms with Crippen LogP contribution >= 0.6 is 7.75 Å². The number of aryl methyl sites for hydroxylation is 2. The van der Waals surface area contributed by atoms with Gasteiger partial charge in [-0.1, -0.05) is 18.2 Å². The third kappa shape index (κ3) is 4.63. The normalized spacial score (nSPS) is 11.2. The first-order valence-corrected chi connectivity index (χ1v) is 8.00. The number of hydrogen-bond donors (Lipinski definition) is 2. The van der Waals surface area contributed by atoms with Gasteiger partial charge in [0, 0.05) is 5.69 Å². The van der Waals surface area contributed by atoms with Crippen molar-refractivity contribution in [3.05, 3.63) is 29.3 Å². The van der Waals surface area contributed by atoms with E-state index in [1.807, 2.05) is 32.0 Å². The predicted molar refractivity (Wildman–Crippen MR) is 78.9 cm³/mol. The maximum Gasteiger partial charge on any atom is 0.436 e. The second-order valence-corrected chi connectivity index (χ2v) is 5.90. The number of urea groups is 1. The van der Waals surface area contributed by atoms with E-state index in [1.54, 1.807) is 13.8 Å². The van der Waals surface area contributed by atoms with Gasteiger partial charge in [-0.05, 0) is 38.8 Å². The zero-order chi connectivity index (χ0) is 15.2. The highest BCUT2D eigenvalue weighted by Crippen LogP contribution is 2.43. The number of anilines is 1. The first-order valence-electron chi connectivity index (χ1n) is 6.46. The van der Waals surface area contributed by atoms with Gasteiger partial charge in [-0.2, -0.15) is 0 Å². The maximum absolute atomic E-state index is 12.2. The smallest absolute Gasteiger partial charge is 0.307 e. The van der Waals surface area contributed by atoms with E-state index in [0.717, 1.165) is 11.1 Å². The van der Waals surface area contributed by atoms with Crippen molar-refractivity contribution < 1.29 is 18.4 Å². The fourth-order valence-corrected chi connectivity index (χ4v) is 2.91. The molecule has 0 saturated heterocycles. The van der Waals surface area contributed by atoms with Crippen molar-refractivity contribution in [3.8, 4) is 0 Å². The van der Waals surface area contributed by atoms with Gasteiger partial charge in [0.2, 0.25) is 0 Å². The minimum absolute atomic E-state index is 0.181. The van der Waals surface area contributed by atoms with E-state index in [-0.39, 0.29) is 13.2 Å². The quantitative estimate of drug-likeness (QED) is 0.787.